The Morgan fingerprint density at radius 1 is 1.67 bits per heavy atom. The Morgan fingerprint density at radius 3 is 3.08 bits per heavy atom. The van der Waals surface area contributed by atoms with Gasteiger partial charge >= 0.3 is 0 Å². The van der Waals surface area contributed by atoms with Crippen LogP contribution in [0.15, 0.2) is 12.0 Å². The van der Waals surface area contributed by atoms with E-state index in [0.717, 1.165) is 6.42 Å². The molecule has 0 saturated carbocycles. The molecule has 0 aromatic carbocycles. The Labute approximate surface area is 72.2 Å². The molecule has 0 amide bonds. The van der Waals surface area contributed by atoms with Crippen LogP contribution in [0.2, 0.25) is 0 Å². The number of halogens is 1. The van der Waals surface area contributed by atoms with Gasteiger partial charge in [0.15, 0.2) is 5.95 Å². The zero-order valence-corrected chi connectivity index (χ0v) is 7.52. The van der Waals surface area contributed by atoms with Gasteiger partial charge in [0, 0.05) is 18.1 Å². The molecule has 2 unspecified atom stereocenters. The molecule has 1 saturated heterocycles. The standard InChI is InChI=1S/C9H15FN2/c1-6-7-3-4-8(10)11-5-9(6,2)12-7/h4,6-7,11-12H,3,5H2,1-2H3/b8-4-/t6?,7?,9-/m0/s1. The van der Waals surface area contributed by atoms with Crippen LogP contribution in [0.3, 0.4) is 0 Å². The molecule has 0 aromatic heterocycles. The number of hydrogen-bond acceptors (Lipinski definition) is 2. The highest BCUT2D eigenvalue weighted by molar-refractivity contribution is 5.13. The van der Waals surface area contributed by atoms with Gasteiger partial charge in [0.05, 0.1) is 0 Å². The molecule has 2 N–H and O–H groups in total. The minimum Gasteiger partial charge on any atom is -0.360 e. The topological polar surface area (TPSA) is 24.1 Å². The van der Waals surface area contributed by atoms with Crippen LogP contribution in [0.5, 0.6) is 0 Å². The fourth-order valence-corrected chi connectivity index (χ4v) is 2.07. The van der Waals surface area contributed by atoms with Gasteiger partial charge in [0.2, 0.25) is 0 Å². The van der Waals surface area contributed by atoms with E-state index in [1.165, 1.54) is 0 Å². The molecule has 12 heavy (non-hydrogen) atoms. The van der Waals surface area contributed by atoms with Crippen LogP contribution in [-0.4, -0.2) is 18.1 Å². The van der Waals surface area contributed by atoms with Crippen molar-refractivity contribution in [2.75, 3.05) is 6.54 Å². The zero-order chi connectivity index (χ0) is 8.77. The van der Waals surface area contributed by atoms with Crippen molar-refractivity contribution in [1.29, 1.82) is 0 Å². The molecule has 3 aliphatic heterocycles. The summed E-state index contributed by atoms with van der Waals surface area (Å²) in [5.41, 5.74) is 0.0935. The van der Waals surface area contributed by atoms with Crippen LogP contribution >= 0.6 is 0 Å². The first-order valence-corrected chi connectivity index (χ1v) is 4.49. The molecular weight excluding hydrogens is 155 g/mol. The van der Waals surface area contributed by atoms with Crippen molar-refractivity contribution in [3.63, 3.8) is 0 Å². The molecule has 0 aromatic rings. The first-order valence-electron chi connectivity index (χ1n) is 4.49. The van der Waals surface area contributed by atoms with E-state index in [1.807, 2.05) is 0 Å². The number of hydrogen-bond donors (Lipinski definition) is 2. The van der Waals surface area contributed by atoms with Gasteiger partial charge in [0.1, 0.15) is 0 Å². The van der Waals surface area contributed by atoms with Crippen LogP contribution in [0.25, 0.3) is 0 Å². The van der Waals surface area contributed by atoms with Crippen molar-refractivity contribution in [2.24, 2.45) is 5.92 Å². The SMILES string of the molecule is CC1C2C/C=C(/F)NC[C@]1(C)N2. The second kappa shape index (κ2) is 2.46. The second-order valence-corrected chi connectivity index (χ2v) is 4.10. The maximum Gasteiger partial charge on any atom is 0.183 e. The monoisotopic (exact) mass is 170 g/mol. The van der Waals surface area contributed by atoms with Crippen LogP contribution in [0, 0.1) is 5.92 Å². The number of fused-ring (bicyclic) bond motifs is 3. The minimum atomic E-state index is -0.167. The largest absolute Gasteiger partial charge is 0.360 e. The summed E-state index contributed by atoms with van der Waals surface area (Å²) in [5, 5.41) is 6.23. The smallest absolute Gasteiger partial charge is 0.183 e. The lowest BCUT2D eigenvalue weighted by atomic mass is 9.71. The van der Waals surface area contributed by atoms with Crippen molar-refractivity contribution < 1.29 is 4.39 Å². The Hall–Kier alpha value is -0.570. The van der Waals surface area contributed by atoms with Crippen LogP contribution in [0.4, 0.5) is 4.39 Å². The minimum absolute atomic E-state index is 0.0935. The highest BCUT2D eigenvalue weighted by Gasteiger charge is 2.47. The predicted molar refractivity (Wildman–Crippen MR) is 46.3 cm³/mol. The summed E-state index contributed by atoms with van der Waals surface area (Å²) in [5.74, 6) is 0.467. The van der Waals surface area contributed by atoms with E-state index in [2.05, 4.69) is 24.5 Å². The summed E-state index contributed by atoms with van der Waals surface area (Å²) >= 11 is 0. The summed E-state index contributed by atoms with van der Waals surface area (Å²) in [7, 11) is 0. The van der Waals surface area contributed by atoms with E-state index < -0.39 is 0 Å². The Morgan fingerprint density at radius 2 is 2.42 bits per heavy atom. The lowest BCUT2D eigenvalue weighted by Crippen LogP contribution is -2.72. The first kappa shape index (κ1) is 8.05. The summed E-state index contributed by atoms with van der Waals surface area (Å²) < 4.78 is 12.8. The number of rotatable bonds is 0. The average Bonchev–Trinajstić information content (AvgIpc) is 2.05. The fraction of sp³-hybridized carbons (Fsp3) is 0.778. The number of nitrogens with one attached hydrogen (secondary N) is 2. The quantitative estimate of drug-likeness (QED) is 0.533. The third-order valence-corrected chi connectivity index (χ3v) is 3.30. The molecule has 1 fully saturated rings. The molecule has 2 nitrogen and oxygen atoms in total. The second-order valence-electron chi connectivity index (χ2n) is 4.10. The lowest BCUT2D eigenvalue weighted by molar-refractivity contribution is 0.0596. The van der Waals surface area contributed by atoms with Gasteiger partial charge in [-0.2, -0.15) is 4.39 Å². The molecule has 3 aliphatic rings. The molecule has 0 spiro atoms. The Balaban J connectivity index is 2.14. The molecule has 3 atom stereocenters. The molecule has 3 rings (SSSR count). The molecule has 3 heteroatoms. The molecular formula is C9H15FN2. The van der Waals surface area contributed by atoms with Crippen LogP contribution in [0.1, 0.15) is 20.3 Å². The average molecular weight is 170 g/mol. The molecule has 2 bridgehead atoms. The van der Waals surface area contributed by atoms with Crippen LogP contribution in [-0.2, 0) is 0 Å². The normalized spacial score (nSPS) is 50.8. The van der Waals surface area contributed by atoms with Gasteiger partial charge in [-0.05, 0) is 25.3 Å². The van der Waals surface area contributed by atoms with E-state index in [0.29, 0.717) is 18.5 Å². The van der Waals surface area contributed by atoms with Gasteiger partial charge in [0.25, 0.3) is 0 Å². The highest BCUT2D eigenvalue weighted by Crippen LogP contribution is 2.34. The van der Waals surface area contributed by atoms with Crippen molar-refractivity contribution >= 4 is 0 Å². The Kier molecular flexibility index (Phi) is 1.65. The third kappa shape index (κ3) is 1.04. The van der Waals surface area contributed by atoms with E-state index >= 15 is 0 Å². The zero-order valence-electron chi connectivity index (χ0n) is 7.52. The lowest BCUT2D eigenvalue weighted by Gasteiger charge is -2.54. The van der Waals surface area contributed by atoms with Crippen molar-refractivity contribution in [1.82, 2.24) is 10.6 Å². The van der Waals surface area contributed by atoms with Gasteiger partial charge in [-0.1, -0.05) is 6.92 Å². The summed E-state index contributed by atoms with van der Waals surface area (Å²) in [6, 6.07) is 0.475. The van der Waals surface area contributed by atoms with Crippen LogP contribution < -0.4 is 10.6 Å². The van der Waals surface area contributed by atoms with Crippen molar-refractivity contribution in [3.8, 4) is 0 Å². The Bertz CT molecular complexity index is 227. The van der Waals surface area contributed by atoms with E-state index in [4.69, 9.17) is 0 Å². The van der Waals surface area contributed by atoms with E-state index in [-0.39, 0.29) is 11.5 Å². The summed E-state index contributed by atoms with van der Waals surface area (Å²) in [4.78, 5) is 0. The predicted octanol–water partition coefficient (Wildman–Crippen LogP) is 1.16. The van der Waals surface area contributed by atoms with Crippen molar-refractivity contribution in [2.45, 2.75) is 31.8 Å². The van der Waals surface area contributed by atoms with Gasteiger partial charge in [-0.25, -0.2) is 0 Å². The molecule has 3 heterocycles. The molecule has 68 valence electrons. The first-order chi connectivity index (χ1) is 5.62. The van der Waals surface area contributed by atoms with Gasteiger partial charge in [-0.15, -0.1) is 0 Å². The fourth-order valence-electron chi connectivity index (χ4n) is 2.07. The molecule has 0 radical (unpaired) electrons. The highest BCUT2D eigenvalue weighted by atomic mass is 19.1. The summed E-state index contributed by atoms with van der Waals surface area (Å²) in [6.45, 7) is 5.05. The maximum absolute atomic E-state index is 12.8. The van der Waals surface area contributed by atoms with Crippen molar-refractivity contribution in [3.05, 3.63) is 12.0 Å². The van der Waals surface area contributed by atoms with E-state index in [1.54, 1.807) is 6.08 Å². The summed E-state index contributed by atoms with van der Waals surface area (Å²) in [6.07, 6.45) is 2.43. The van der Waals surface area contributed by atoms with E-state index in [9.17, 15) is 4.39 Å². The maximum atomic E-state index is 12.8. The van der Waals surface area contributed by atoms with Gasteiger partial charge < -0.3 is 10.6 Å². The molecule has 0 aliphatic carbocycles. The van der Waals surface area contributed by atoms with Gasteiger partial charge in [-0.3, -0.25) is 0 Å². The third-order valence-electron chi connectivity index (χ3n) is 3.30.